The number of pyridine rings is 1. The topological polar surface area (TPSA) is 106 Å². The Labute approximate surface area is 133 Å². The van der Waals surface area contributed by atoms with Crippen LogP contribution in [0.3, 0.4) is 0 Å². The molecular formula is C14H16N4O4S. The summed E-state index contributed by atoms with van der Waals surface area (Å²) in [6.45, 7) is 1.12. The van der Waals surface area contributed by atoms with Gasteiger partial charge in [-0.1, -0.05) is 5.10 Å². The Morgan fingerprint density at radius 1 is 1.22 bits per heavy atom. The summed E-state index contributed by atoms with van der Waals surface area (Å²) in [6, 6.07) is 3.37. The Balaban J connectivity index is 1.65. The lowest BCUT2D eigenvalue weighted by atomic mass is 9.96. The van der Waals surface area contributed by atoms with Crippen molar-refractivity contribution in [1.82, 2.24) is 20.1 Å². The second kappa shape index (κ2) is 6.07. The Hall–Kier alpha value is -2.29. The van der Waals surface area contributed by atoms with E-state index in [1.165, 1.54) is 0 Å². The monoisotopic (exact) mass is 336 g/mol. The van der Waals surface area contributed by atoms with Crippen molar-refractivity contribution in [1.29, 1.82) is 0 Å². The van der Waals surface area contributed by atoms with Gasteiger partial charge in [0.05, 0.1) is 0 Å². The Morgan fingerprint density at radius 3 is 2.43 bits per heavy atom. The molecule has 2 aromatic rings. The molecule has 1 saturated heterocycles. The van der Waals surface area contributed by atoms with Crippen LogP contribution >= 0.6 is 0 Å². The fraction of sp³-hybridized carbons (Fsp3) is 0.429. The summed E-state index contributed by atoms with van der Waals surface area (Å²) < 4.78 is 28.0. The van der Waals surface area contributed by atoms with E-state index < -0.39 is 9.84 Å². The minimum absolute atomic E-state index is 0.0282. The van der Waals surface area contributed by atoms with Crippen molar-refractivity contribution in [2.45, 2.75) is 24.0 Å². The molecule has 1 aliphatic rings. The molecule has 122 valence electrons. The Morgan fingerprint density at radius 2 is 1.87 bits per heavy atom. The van der Waals surface area contributed by atoms with Crippen molar-refractivity contribution in [3.63, 3.8) is 0 Å². The number of hydrogen-bond donors (Lipinski definition) is 0. The molecule has 0 spiro atoms. The molecule has 0 saturated carbocycles. The van der Waals surface area contributed by atoms with Gasteiger partial charge >= 0.3 is 5.22 Å². The van der Waals surface area contributed by atoms with E-state index in [0.717, 1.165) is 6.26 Å². The molecule has 0 aliphatic carbocycles. The number of likely N-dealkylation sites (tertiary alicyclic amines) is 1. The van der Waals surface area contributed by atoms with Gasteiger partial charge in [0, 0.05) is 43.2 Å². The molecule has 8 nitrogen and oxygen atoms in total. The van der Waals surface area contributed by atoms with Gasteiger partial charge in [-0.05, 0) is 25.0 Å². The molecule has 2 aromatic heterocycles. The highest BCUT2D eigenvalue weighted by molar-refractivity contribution is 7.90. The van der Waals surface area contributed by atoms with Crippen molar-refractivity contribution in [3.8, 4) is 0 Å². The van der Waals surface area contributed by atoms with Crippen LogP contribution in [0.15, 0.2) is 34.2 Å². The van der Waals surface area contributed by atoms with Crippen LogP contribution in [0.4, 0.5) is 0 Å². The van der Waals surface area contributed by atoms with E-state index in [2.05, 4.69) is 15.2 Å². The maximum absolute atomic E-state index is 12.3. The first kappa shape index (κ1) is 15.6. The molecular weight excluding hydrogens is 320 g/mol. The van der Waals surface area contributed by atoms with Gasteiger partial charge in [0.2, 0.25) is 15.7 Å². The summed E-state index contributed by atoms with van der Waals surface area (Å²) in [5.41, 5.74) is 0.607. The molecule has 23 heavy (non-hydrogen) atoms. The highest BCUT2D eigenvalue weighted by atomic mass is 32.2. The summed E-state index contributed by atoms with van der Waals surface area (Å²) in [6.07, 6.45) is 5.51. The molecule has 0 unspecified atom stereocenters. The molecule has 0 atom stereocenters. The number of carbonyl (C=O) groups excluding carboxylic acids is 1. The van der Waals surface area contributed by atoms with Crippen LogP contribution in [0.25, 0.3) is 0 Å². The van der Waals surface area contributed by atoms with Crippen molar-refractivity contribution in [3.05, 3.63) is 36.0 Å². The van der Waals surface area contributed by atoms with E-state index in [1.807, 2.05) is 0 Å². The zero-order valence-electron chi connectivity index (χ0n) is 12.5. The van der Waals surface area contributed by atoms with Gasteiger partial charge in [-0.15, -0.1) is 5.10 Å². The molecule has 9 heteroatoms. The summed E-state index contributed by atoms with van der Waals surface area (Å²) >= 11 is 0. The third-order valence-electron chi connectivity index (χ3n) is 3.80. The van der Waals surface area contributed by atoms with Gasteiger partial charge in [0.25, 0.3) is 5.91 Å². The van der Waals surface area contributed by atoms with Crippen molar-refractivity contribution >= 4 is 15.7 Å². The second-order valence-electron chi connectivity index (χ2n) is 5.48. The number of rotatable bonds is 3. The van der Waals surface area contributed by atoms with Gasteiger partial charge in [-0.2, -0.15) is 0 Å². The smallest absolute Gasteiger partial charge is 0.335 e. The Kier molecular flexibility index (Phi) is 4.12. The molecule has 0 aromatic carbocycles. The van der Waals surface area contributed by atoms with Gasteiger partial charge in [-0.25, -0.2) is 8.42 Å². The van der Waals surface area contributed by atoms with Crippen molar-refractivity contribution in [2.24, 2.45) is 0 Å². The third-order valence-corrected chi connectivity index (χ3v) is 4.60. The molecule has 1 fully saturated rings. The van der Waals surface area contributed by atoms with Gasteiger partial charge in [-0.3, -0.25) is 9.78 Å². The minimum atomic E-state index is -3.49. The average molecular weight is 336 g/mol. The Bertz CT molecular complexity index is 795. The highest BCUT2D eigenvalue weighted by Crippen LogP contribution is 2.28. The van der Waals surface area contributed by atoms with Crippen molar-refractivity contribution in [2.75, 3.05) is 19.3 Å². The van der Waals surface area contributed by atoms with E-state index in [4.69, 9.17) is 4.42 Å². The number of hydrogen-bond acceptors (Lipinski definition) is 7. The number of amides is 1. The SMILES string of the molecule is CS(=O)(=O)c1nnc(C2CCN(C(=O)c3ccncc3)CC2)o1. The van der Waals surface area contributed by atoms with E-state index in [1.54, 1.807) is 29.4 Å². The highest BCUT2D eigenvalue weighted by Gasteiger charge is 2.29. The molecule has 1 aliphatic heterocycles. The molecule has 1 amide bonds. The standard InChI is InChI=1S/C14H16N4O4S/c1-23(20,21)14-17-16-12(22-14)10-4-8-18(9-5-10)13(19)11-2-6-15-7-3-11/h2-3,6-7,10H,4-5,8-9H2,1H3. The molecule has 0 radical (unpaired) electrons. The van der Waals surface area contributed by atoms with Crippen LogP contribution in [-0.2, 0) is 9.84 Å². The number of aromatic nitrogens is 3. The van der Waals surface area contributed by atoms with Crippen LogP contribution in [0.2, 0.25) is 0 Å². The first-order valence-electron chi connectivity index (χ1n) is 7.18. The first-order chi connectivity index (χ1) is 10.9. The summed E-state index contributed by atoms with van der Waals surface area (Å²) in [5.74, 6) is 0.258. The maximum atomic E-state index is 12.3. The van der Waals surface area contributed by atoms with E-state index in [0.29, 0.717) is 37.4 Å². The summed E-state index contributed by atoms with van der Waals surface area (Å²) in [5, 5.41) is 7.04. The number of carbonyl (C=O) groups is 1. The lowest BCUT2D eigenvalue weighted by Crippen LogP contribution is -2.38. The quantitative estimate of drug-likeness (QED) is 0.819. The zero-order chi connectivity index (χ0) is 16.4. The van der Waals surface area contributed by atoms with Gasteiger partial charge in [0.15, 0.2) is 0 Å². The lowest BCUT2D eigenvalue weighted by molar-refractivity contribution is 0.0705. The van der Waals surface area contributed by atoms with Crippen molar-refractivity contribution < 1.29 is 17.6 Å². The molecule has 0 N–H and O–H groups in total. The van der Waals surface area contributed by atoms with Crippen LogP contribution in [0.1, 0.15) is 35.0 Å². The molecule has 3 heterocycles. The third kappa shape index (κ3) is 3.39. The fourth-order valence-electron chi connectivity index (χ4n) is 2.54. The summed E-state index contributed by atoms with van der Waals surface area (Å²) in [7, 11) is -3.49. The zero-order valence-corrected chi connectivity index (χ0v) is 13.4. The predicted molar refractivity (Wildman–Crippen MR) is 79.5 cm³/mol. The molecule has 3 rings (SSSR count). The fourth-order valence-corrected chi connectivity index (χ4v) is 2.97. The normalized spacial score (nSPS) is 16.5. The van der Waals surface area contributed by atoms with E-state index in [9.17, 15) is 13.2 Å². The first-order valence-corrected chi connectivity index (χ1v) is 9.07. The summed E-state index contributed by atoms with van der Waals surface area (Å²) in [4.78, 5) is 18.0. The number of piperidine rings is 1. The van der Waals surface area contributed by atoms with Crippen LogP contribution in [-0.4, -0.2) is 53.8 Å². The minimum Gasteiger partial charge on any atom is -0.412 e. The maximum Gasteiger partial charge on any atom is 0.335 e. The second-order valence-corrected chi connectivity index (χ2v) is 7.37. The van der Waals surface area contributed by atoms with E-state index in [-0.39, 0.29) is 17.0 Å². The van der Waals surface area contributed by atoms with E-state index >= 15 is 0 Å². The van der Waals surface area contributed by atoms with Gasteiger partial charge in [0.1, 0.15) is 0 Å². The largest absolute Gasteiger partial charge is 0.412 e. The number of nitrogens with zero attached hydrogens (tertiary/aromatic N) is 4. The lowest BCUT2D eigenvalue weighted by Gasteiger charge is -2.30. The van der Waals surface area contributed by atoms with Crippen LogP contribution in [0.5, 0.6) is 0 Å². The van der Waals surface area contributed by atoms with Gasteiger partial charge < -0.3 is 9.32 Å². The average Bonchev–Trinajstić information content (AvgIpc) is 3.05. The van der Waals surface area contributed by atoms with Crippen LogP contribution < -0.4 is 0 Å². The predicted octanol–water partition coefficient (Wildman–Crippen LogP) is 0.888. The van der Waals surface area contributed by atoms with Crippen LogP contribution in [0, 0.1) is 0 Å². The number of sulfone groups is 1. The molecule has 0 bridgehead atoms.